The zero-order chi connectivity index (χ0) is 21.7. The summed E-state index contributed by atoms with van der Waals surface area (Å²) in [5.41, 5.74) is 2.66. The van der Waals surface area contributed by atoms with Gasteiger partial charge in [0.2, 0.25) is 0 Å². The van der Waals surface area contributed by atoms with Crippen molar-refractivity contribution in [3.05, 3.63) is 63.6 Å². The summed E-state index contributed by atoms with van der Waals surface area (Å²) in [6.07, 6.45) is 5.74. The molecule has 0 atom stereocenters. The van der Waals surface area contributed by atoms with Crippen molar-refractivity contribution in [2.45, 2.75) is 45.6 Å². The predicted octanol–water partition coefficient (Wildman–Crippen LogP) is 3.83. The number of amides is 1. The number of hydrogen-bond acceptors (Lipinski definition) is 4. The summed E-state index contributed by atoms with van der Waals surface area (Å²) in [7, 11) is 0. The number of aryl methyl sites for hydroxylation is 1. The van der Waals surface area contributed by atoms with E-state index in [1.807, 2.05) is 43.0 Å². The number of nitrogens with zero attached hydrogens (tertiary/aromatic N) is 2. The first-order valence-corrected chi connectivity index (χ1v) is 12.1. The minimum Gasteiger partial charge on any atom is -0.349 e. The van der Waals surface area contributed by atoms with Gasteiger partial charge in [0.05, 0.1) is 0 Å². The van der Waals surface area contributed by atoms with Crippen molar-refractivity contribution < 1.29 is 4.79 Å². The molecule has 30 heavy (non-hydrogen) atoms. The molecule has 1 aliphatic heterocycles. The average molecular weight is 428 g/mol. The van der Waals surface area contributed by atoms with Crippen LogP contribution >= 0.6 is 11.8 Å². The van der Waals surface area contributed by atoms with Crippen molar-refractivity contribution in [1.82, 2.24) is 14.8 Å². The van der Waals surface area contributed by atoms with Crippen molar-refractivity contribution in [2.75, 3.05) is 31.6 Å². The van der Waals surface area contributed by atoms with Crippen molar-refractivity contribution >= 4 is 17.7 Å². The summed E-state index contributed by atoms with van der Waals surface area (Å²) in [6, 6.07) is 9.93. The number of rotatable bonds is 7. The number of carbonyl (C=O) groups excluding carboxylic acids is 1. The summed E-state index contributed by atoms with van der Waals surface area (Å²) < 4.78 is 1.58. The van der Waals surface area contributed by atoms with E-state index < -0.39 is 0 Å². The number of hydrogen-bond donors (Lipinski definition) is 1. The lowest BCUT2D eigenvalue weighted by atomic mass is 10.0. The second kappa shape index (κ2) is 10.3. The fourth-order valence-electron chi connectivity index (χ4n) is 3.92. The Bertz CT molecular complexity index is 930. The normalized spacial score (nSPS) is 15.5. The first-order valence-electron chi connectivity index (χ1n) is 10.8. The van der Waals surface area contributed by atoms with Gasteiger partial charge in [-0.3, -0.25) is 14.2 Å². The first kappa shape index (κ1) is 22.6. The maximum atomic E-state index is 13.2. The lowest BCUT2D eigenvalue weighted by Crippen LogP contribution is -2.46. The van der Waals surface area contributed by atoms with E-state index in [1.54, 1.807) is 10.8 Å². The quantitative estimate of drug-likeness (QED) is 0.730. The molecule has 2 heterocycles. The minimum absolute atomic E-state index is 0.125. The Morgan fingerprint density at radius 3 is 2.63 bits per heavy atom. The number of aromatic nitrogens is 1. The lowest BCUT2D eigenvalue weighted by Gasteiger charge is -2.32. The van der Waals surface area contributed by atoms with E-state index in [9.17, 15) is 9.59 Å². The van der Waals surface area contributed by atoms with E-state index in [4.69, 9.17) is 0 Å². The van der Waals surface area contributed by atoms with E-state index in [0.29, 0.717) is 11.5 Å². The Hall–Kier alpha value is -2.05. The molecule has 1 N–H and O–H groups in total. The van der Waals surface area contributed by atoms with Crippen LogP contribution in [0.4, 0.5) is 0 Å². The summed E-state index contributed by atoms with van der Waals surface area (Å²) in [5, 5.41) is 3.12. The van der Waals surface area contributed by atoms with E-state index >= 15 is 0 Å². The van der Waals surface area contributed by atoms with Crippen molar-refractivity contribution in [1.29, 1.82) is 0 Å². The molecule has 3 rings (SSSR count). The van der Waals surface area contributed by atoms with Crippen LogP contribution in [0, 0.1) is 6.92 Å². The second-order valence-electron chi connectivity index (χ2n) is 8.38. The smallest absolute Gasteiger partial charge is 0.268 e. The van der Waals surface area contributed by atoms with Gasteiger partial charge >= 0.3 is 0 Å². The number of carbonyl (C=O) groups is 1. The standard InChI is InChI=1S/C24H33N3O2S/c1-17(2)19-6-5-7-21(16-19)27-13-8-18(3)22(24(27)29)23(28)25-20-9-11-26(12-10-20)14-15-30-4/h5-8,13,16-17,20H,9-12,14-15H2,1-4H3,(H,25,28). The SMILES string of the molecule is CSCCN1CCC(NC(=O)c2c(C)ccn(-c3cccc(C(C)C)c3)c2=O)CC1. The molecule has 6 heteroatoms. The molecule has 0 aliphatic carbocycles. The number of pyridine rings is 1. The molecule has 1 aromatic carbocycles. The molecular formula is C24H33N3O2S. The van der Waals surface area contributed by atoms with Gasteiger partial charge in [0.15, 0.2) is 0 Å². The van der Waals surface area contributed by atoms with Crippen LogP contribution in [0.25, 0.3) is 5.69 Å². The van der Waals surface area contributed by atoms with Crippen LogP contribution in [0.2, 0.25) is 0 Å². The molecule has 1 aromatic heterocycles. The van der Waals surface area contributed by atoms with Crippen LogP contribution in [0.3, 0.4) is 0 Å². The fourth-order valence-corrected chi connectivity index (χ4v) is 4.36. The molecule has 1 fully saturated rings. The molecule has 2 aromatic rings. The third-order valence-electron chi connectivity index (χ3n) is 5.88. The molecule has 0 saturated carbocycles. The maximum Gasteiger partial charge on any atom is 0.268 e. The number of thioether (sulfide) groups is 1. The lowest BCUT2D eigenvalue weighted by molar-refractivity contribution is 0.0910. The zero-order valence-electron chi connectivity index (χ0n) is 18.5. The Kier molecular flexibility index (Phi) is 7.78. The van der Waals surface area contributed by atoms with Crippen LogP contribution in [-0.4, -0.2) is 53.1 Å². The molecule has 0 radical (unpaired) electrons. The van der Waals surface area contributed by atoms with Crippen LogP contribution < -0.4 is 10.9 Å². The molecule has 1 amide bonds. The zero-order valence-corrected chi connectivity index (χ0v) is 19.3. The van der Waals surface area contributed by atoms with E-state index in [-0.39, 0.29) is 23.1 Å². The van der Waals surface area contributed by atoms with Crippen LogP contribution in [0.15, 0.2) is 41.3 Å². The highest BCUT2D eigenvalue weighted by Gasteiger charge is 2.23. The van der Waals surface area contributed by atoms with E-state index in [2.05, 4.69) is 36.4 Å². The number of nitrogens with one attached hydrogen (secondary N) is 1. The summed E-state index contributed by atoms with van der Waals surface area (Å²) in [4.78, 5) is 28.7. The highest BCUT2D eigenvalue weighted by Crippen LogP contribution is 2.18. The van der Waals surface area contributed by atoms with Crippen molar-refractivity contribution in [2.24, 2.45) is 0 Å². The van der Waals surface area contributed by atoms with Gasteiger partial charge < -0.3 is 10.2 Å². The topological polar surface area (TPSA) is 54.3 Å². The summed E-state index contributed by atoms with van der Waals surface area (Å²) in [6.45, 7) is 9.16. The van der Waals surface area contributed by atoms with Crippen molar-refractivity contribution in [3.63, 3.8) is 0 Å². The van der Waals surface area contributed by atoms with E-state index in [0.717, 1.165) is 43.9 Å². The number of benzene rings is 1. The average Bonchev–Trinajstić information content (AvgIpc) is 2.73. The van der Waals surface area contributed by atoms with Crippen molar-refractivity contribution in [3.8, 4) is 5.69 Å². The Labute approximate surface area is 183 Å². The number of piperidine rings is 1. The van der Waals surface area contributed by atoms with Crippen LogP contribution in [-0.2, 0) is 0 Å². The first-order chi connectivity index (χ1) is 14.4. The molecule has 0 unspecified atom stereocenters. The largest absolute Gasteiger partial charge is 0.349 e. The van der Waals surface area contributed by atoms with Gasteiger partial charge in [0.25, 0.3) is 11.5 Å². The number of likely N-dealkylation sites (tertiary alicyclic amines) is 1. The van der Waals surface area contributed by atoms with Gasteiger partial charge in [-0.05, 0) is 61.3 Å². The molecule has 1 saturated heterocycles. The third kappa shape index (κ3) is 5.35. The molecule has 1 aliphatic rings. The Morgan fingerprint density at radius 1 is 1.23 bits per heavy atom. The van der Waals surface area contributed by atoms with Crippen LogP contribution in [0.5, 0.6) is 0 Å². The highest BCUT2D eigenvalue weighted by atomic mass is 32.2. The summed E-state index contributed by atoms with van der Waals surface area (Å²) in [5.74, 6) is 1.25. The van der Waals surface area contributed by atoms with Gasteiger partial charge in [-0.25, -0.2) is 0 Å². The van der Waals surface area contributed by atoms with Gasteiger partial charge in [-0.15, -0.1) is 0 Å². The Morgan fingerprint density at radius 2 is 1.97 bits per heavy atom. The highest BCUT2D eigenvalue weighted by molar-refractivity contribution is 7.98. The second-order valence-corrected chi connectivity index (χ2v) is 9.37. The molecule has 0 bridgehead atoms. The van der Waals surface area contributed by atoms with Gasteiger partial charge in [0.1, 0.15) is 5.56 Å². The molecule has 162 valence electrons. The molecule has 5 nitrogen and oxygen atoms in total. The maximum absolute atomic E-state index is 13.2. The van der Waals surface area contributed by atoms with Gasteiger partial charge in [0, 0.05) is 43.3 Å². The molecular weight excluding hydrogens is 394 g/mol. The summed E-state index contributed by atoms with van der Waals surface area (Å²) >= 11 is 1.86. The predicted molar refractivity (Wildman–Crippen MR) is 126 cm³/mol. The van der Waals surface area contributed by atoms with Crippen LogP contribution in [0.1, 0.15) is 54.1 Å². The Balaban J connectivity index is 1.76. The third-order valence-corrected chi connectivity index (χ3v) is 6.47. The fraction of sp³-hybridized carbons (Fsp3) is 0.500. The van der Waals surface area contributed by atoms with Gasteiger partial charge in [-0.1, -0.05) is 26.0 Å². The monoisotopic (exact) mass is 427 g/mol. The van der Waals surface area contributed by atoms with Gasteiger partial charge in [-0.2, -0.15) is 11.8 Å². The molecule has 0 spiro atoms. The van der Waals surface area contributed by atoms with E-state index in [1.165, 1.54) is 5.56 Å². The minimum atomic E-state index is -0.259.